The molecule has 0 radical (unpaired) electrons. The fraction of sp³-hybridized carbons (Fsp3) is 0.500. The van der Waals surface area contributed by atoms with Crippen molar-refractivity contribution >= 4 is 17.5 Å². The van der Waals surface area contributed by atoms with Crippen molar-refractivity contribution in [2.24, 2.45) is 0 Å². The number of amides is 1. The molecule has 0 saturated carbocycles. The van der Waals surface area contributed by atoms with Gasteiger partial charge in [-0.05, 0) is 25.8 Å². The van der Waals surface area contributed by atoms with Gasteiger partial charge in [0.15, 0.2) is 0 Å². The van der Waals surface area contributed by atoms with E-state index < -0.39 is 0 Å². The number of carbonyl (C=O) groups is 1. The third kappa shape index (κ3) is 4.43. The van der Waals surface area contributed by atoms with Gasteiger partial charge in [-0.2, -0.15) is 5.10 Å². The molecule has 2 aromatic rings. The predicted molar refractivity (Wildman–Crippen MR) is 91.9 cm³/mol. The molecule has 1 aliphatic rings. The normalized spacial score (nSPS) is 14.0. The minimum absolute atomic E-state index is 0.0582. The van der Waals surface area contributed by atoms with Gasteiger partial charge < -0.3 is 15.5 Å². The molecule has 1 fully saturated rings. The summed E-state index contributed by atoms with van der Waals surface area (Å²) in [6.45, 7) is 5.39. The average Bonchev–Trinajstić information content (AvgIpc) is 3.24. The van der Waals surface area contributed by atoms with Crippen LogP contribution in [0.1, 0.15) is 18.7 Å². The van der Waals surface area contributed by atoms with Crippen LogP contribution in [0.15, 0.2) is 24.5 Å². The number of nitrogens with one attached hydrogen (secondary N) is 2. The summed E-state index contributed by atoms with van der Waals surface area (Å²) in [7, 11) is 0. The molecule has 2 N–H and O–H groups in total. The van der Waals surface area contributed by atoms with Crippen molar-refractivity contribution < 1.29 is 4.79 Å². The topological polar surface area (TPSA) is 88.0 Å². The first kappa shape index (κ1) is 16.2. The first-order chi connectivity index (χ1) is 11.7. The van der Waals surface area contributed by atoms with E-state index in [1.807, 2.05) is 13.0 Å². The minimum atomic E-state index is -0.0582. The summed E-state index contributed by atoms with van der Waals surface area (Å²) < 4.78 is 1.60. The molecule has 3 heterocycles. The quantitative estimate of drug-likeness (QED) is 0.731. The maximum atomic E-state index is 11.8. The lowest BCUT2D eigenvalue weighted by Gasteiger charge is -2.17. The van der Waals surface area contributed by atoms with Crippen molar-refractivity contribution in [1.29, 1.82) is 0 Å². The first-order valence-electron chi connectivity index (χ1n) is 8.29. The van der Waals surface area contributed by atoms with Gasteiger partial charge in [0.2, 0.25) is 5.91 Å². The third-order valence-electron chi connectivity index (χ3n) is 3.87. The van der Waals surface area contributed by atoms with Crippen molar-refractivity contribution in [2.45, 2.75) is 26.3 Å². The lowest BCUT2D eigenvalue weighted by molar-refractivity contribution is -0.121. The standard InChI is InChI=1S/C16H23N7O/c1-13-20-14(11-15(21-13)22-8-2-3-9-22)17-6-7-18-16(24)12-23-10-4-5-19-23/h4-5,10-11H,2-3,6-9,12H2,1H3,(H,18,24)(H,17,20,21). The Balaban J connectivity index is 1.45. The molecule has 1 saturated heterocycles. The van der Waals surface area contributed by atoms with Crippen LogP contribution < -0.4 is 15.5 Å². The maximum absolute atomic E-state index is 11.8. The molecule has 1 amide bonds. The molecule has 1 aliphatic heterocycles. The van der Waals surface area contributed by atoms with E-state index in [9.17, 15) is 4.79 Å². The number of hydrogen-bond acceptors (Lipinski definition) is 6. The first-order valence-corrected chi connectivity index (χ1v) is 8.29. The zero-order chi connectivity index (χ0) is 16.8. The number of carbonyl (C=O) groups excluding carboxylic acids is 1. The summed E-state index contributed by atoms with van der Waals surface area (Å²) >= 11 is 0. The average molecular weight is 329 g/mol. The Morgan fingerprint density at radius 3 is 2.83 bits per heavy atom. The molecule has 3 rings (SSSR count). The van der Waals surface area contributed by atoms with Gasteiger partial charge in [-0.1, -0.05) is 0 Å². The molecular formula is C16H23N7O. The molecule has 0 aliphatic carbocycles. The molecular weight excluding hydrogens is 306 g/mol. The Hall–Kier alpha value is -2.64. The number of aromatic nitrogens is 4. The third-order valence-corrected chi connectivity index (χ3v) is 3.87. The highest BCUT2D eigenvalue weighted by Gasteiger charge is 2.14. The highest BCUT2D eigenvalue weighted by Crippen LogP contribution is 2.20. The van der Waals surface area contributed by atoms with Gasteiger partial charge in [-0.15, -0.1) is 0 Å². The Kier molecular flexibility index (Phi) is 5.25. The van der Waals surface area contributed by atoms with E-state index >= 15 is 0 Å². The molecule has 2 aromatic heterocycles. The molecule has 0 atom stereocenters. The summed E-state index contributed by atoms with van der Waals surface area (Å²) in [5.41, 5.74) is 0. The monoisotopic (exact) mass is 329 g/mol. The van der Waals surface area contributed by atoms with Crippen LogP contribution in [-0.4, -0.2) is 51.8 Å². The number of nitrogens with zero attached hydrogens (tertiary/aromatic N) is 5. The van der Waals surface area contributed by atoms with E-state index in [1.54, 1.807) is 23.1 Å². The number of hydrogen-bond donors (Lipinski definition) is 2. The largest absolute Gasteiger partial charge is 0.368 e. The molecule has 8 heteroatoms. The predicted octanol–water partition coefficient (Wildman–Crippen LogP) is 0.810. The van der Waals surface area contributed by atoms with Crippen LogP contribution in [0, 0.1) is 6.92 Å². The van der Waals surface area contributed by atoms with E-state index in [4.69, 9.17) is 0 Å². The molecule has 0 spiro atoms. The summed E-state index contributed by atoms with van der Waals surface area (Å²) in [6, 6.07) is 3.77. The van der Waals surface area contributed by atoms with Crippen LogP contribution in [-0.2, 0) is 11.3 Å². The second-order valence-corrected chi connectivity index (χ2v) is 5.83. The SMILES string of the molecule is Cc1nc(NCCNC(=O)Cn2cccn2)cc(N2CCCC2)n1. The lowest BCUT2D eigenvalue weighted by Crippen LogP contribution is -2.32. The molecule has 0 aromatic carbocycles. The highest BCUT2D eigenvalue weighted by molar-refractivity contribution is 5.75. The number of rotatable bonds is 7. The second kappa shape index (κ2) is 7.76. The zero-order valence-electron chi connectivity index (χ0n) is 13.9. The van der Waals surface area contributed by atoms with Crippen LogP contribution in [0.3, 0.4) is 0 Å². The van der Waals surface area contributed by atoms with Gasteiger partial charge in [-0.25, -0.2) is 9.97 Å². The van der Waals surface area contributed by atoms with E-state index in [0.717, 1.165) is 30.5 Å². The van der Waals surface area contributed by atoms with Gasteiger partial charge >= 0.3 is 0 Å². The highest BCUT2D eigenvalue weighted by atomic mass is 16.2. The minimum Gasteiger partial charge on any atom is -0.368 e. The van der Waals surface area contributed by atoms with Gasteiger partial charge in [0.05, 0.1) is 0 Å². The summed E-state index contributed by atoms with van der Waals surface area (Å²) in [4.78, 5) is 23.0. The van der Waals surface area contributed by atoms with E-state index in [2.05, 4.69) is 30.6 Å². The van der Waals surface area contributed by atoms with Gasteiger partial charge in [0, 0.05) is 44.6 Å². The molecule has 0 bridgehead atoms. The summed E-state index contributed by atoms with van der Waals surface area (Å²) in [5, 5.41) is 10.1. The Labute approximate surface area is 141 Å². The van der Waals surface area contributed by atoms with Crippen LogP contribution in [0.25, 0.3) is 0 Å². The second-order valence-electron chi connectivity index (χ2n) is 5.83. The smallest absolute Gasteiger partial charge is 0.241 e. The molecule has 0 unspecified atom stereocenters. The van der Waals surface area contributed by atoms with E-state index in [0.29, 0.717) is 13.1 Å². The number of anilines is 2. The molecule has 8 nitrogen and oxygen atoms in total. The zero-order valence-corrected chi connectivity index (χ0v) is 13.9. The van der Waals surface area contributed by atoms with Crippen molar-refractivity contribution in [2.75, 3.05) is 36.4 Å². The van der Waals surface area contributed by atoms with Gasteiger partial charge in [0.25, 0.3) is 0 Å². The van der Waals surface area contributed by atoms with Crippen molar-refractivity contribution in [3.8, 4) is 0 Å². The number of aryl methyl sites for hydroxylation is 1. The summed E-state index contributed by atoms with van der Waals surface area (Å²) in [5.74, 6) is 2.47. The Bertz CT molecular complexity index is 665. The van der Waals surface area contributed by atoms with Gasteiger partial charge in [0.1, 0.15) is 24.0 Å². The van der Waals surface area contributed by atoms with Crippen molar-refractivity contribution in [3.63, 3.8) is 0 Å². The maximum Gasteiger partial charge on any atom is 0.241 e. The van der Waals surface area contributed by atoms with Crippen LogP contribution in [0.2, 0.25) is 0 Å². The van der Waals surface area contributed by atoms with Crippen molar-refractivity contribution in [1.82, 2.24) is 25.1 Å². The Morgan fingerprint density at radius 1 is 1.25 bits per heavy atom. The Morgan fingerprint density at radius 2 is 2.08 bits per heavy atom. The summed E-state index contributed by atoms with van der Waals surface area (Å²) in [6.07, 6.45) is 5.85. The fourth-order valence-corrected chi connectivity index (χ4v) is 2.74. The fourth-order valence-electron chi connectivity index (χ4n) is 2.74. The lowest BCUT2D eigenvalue weighted by atomic mass is 10.4. The van der Waals surface area contributed by atoms with Gasteiger partial charge in [-0.3, -0.25) is 9.48 Å². The van der Waals surface area contributed by atoms with Crippen LogP contribution in [0.5, 0.6) is 0 Å². The molecule has 128 valence electrons. The van der Waals surface area contributed by atoms with E-state index in [-0.39, 0.29) is 12.5 Å². The van der Waals surface area contributed by atoms with Crippen LogP contribution >= 0.6 is 0 Å². The van der Waals surface area contributed by atoms with Crippen molar-refractivity contribution in [3.05, 3.63) is 30.4 Å². The van der Waals surface area contributed by atoms with Crippen LogP contribution in [0.4, 0.5) is 11.6 Å². The molecule has 24 heavy (non-hydrogen) atoms. The van der Waals surface area contributed by atoms with E-state index in [1.165, 1.54) is 12.8 Å².